The number of rotatable bonds is 4. The first-order chi connectivity index (χ1) is 12.4. The van der Waals surface area contributed by atoms with Crippen molar-refractivity contribution in [2.24, 2.45) is 0 Å². The lowest BCUT2D eigenvalue weighted by molar-refractivity contribution is -0.255. The van der Waals surface area contributed by atoms with Crippen LogP contribution in [0, 0.1) is 6.92 Å². The number of halogens is 1. The topological polar surface area (TPSA) is 104 Å². The van der Waals surface area contributed by atoms with E-state index in [0.29, 0.717) is 10.7 Å². The zero-order valence-electron chi connectivity index (χ0n) is 13.7. The third kappa shape index (κ3) is 3.43. The standard InChI is InChI=1S/C18H14ClN3O4/c1-10-6-7-11(19)8-14(10)20-15(23)9-22-17(24)13-5-3-2-4-12(13)16(21-22)18(25)26/h2-8H,9H2,1H3,(H,20,23)(H,25,26)/p-1. The van der Waals surface area contributed by atoms with Crippen LogP contribution in [0.15, 0.2) is 47.3 Å². The number of aromatic carboxylic acids is 1. The van der Waals surface area contributed by atoms with Gasteiger partial charge in [0.25, 0.3) is 5.56 Å². The number of carbonyl (C=O) groups is 2. The van der Waals surface area contributed by atoms with Crippen LogP contribution in [0.1, 0.15) is 16.1 Å². The average molecular weight is 371 g/mol. The van der Waals surface area contributed by atoms with Crippen LogP contribution in [0.4, 0.5) is 5.69 Å². The van der Waals surface area contributed by atoms with Gasteiger partial charge in [0.15, 0.2) is 0 Å². The van der Waals surface area contributed by atoms with E-state index in [-0.39, 0.29) is 10.8 Å². The van der Waals surface area contributed by atoms with E-state index in [9.17, 15) is 19.5 Å². The molecule has 0 atom stereocenters. The zero-order chi connectivity index (χ0) is 18.8. The Bertz CT molecular complexity index is 1090. The second-order valence-electron chi connectivity index (χ2n) is 5.65. The molecule has 1 amide bonds. The number of aryl methyl sites for hydroxylation is 1. The summed E-state index contributed by atoms with van der Waals surface area (Å²) in [5.74, 6) is -2.06. The van der Waals surface area contributed by atoms with Crippen molar-refractivity contribution >= 4 is 39.9 Å². The van der Waals surface area contributed by atoms with E-state index < -0.39 is 29.7 Å². The Labute approximate surface area is 152 Å². The van der Waals surface area contributed by atoms with Gasteiger partial charge in [-0.05, 0) is 30.7 Å². The molecule has 1 heterocycles. The van der Waals surface area contributed by atoms with Gasteiger partial charge in [-0.1, -0.05) is 35.9 Å². The largest absolute Gasteiger partial charge is 0.543 e. The van der Waals surface area contributed by atoms with Gasteiger partial charge in [-0.15, -0.1) is 0 Å². The predicted molar refractivity (Wildman–Crippen MR) is 95.2 cm³/mol. The lowest BCUT2D eigenvalue weighted by atomic mass is 10.1. The maximum Gasteiger partial charge on any atom is 0.275 e. The number of anilines is 1. The van der Waals surface area contributed by atoms with Crippen LogP contribution in [0.3, 0.4) is 0 Å². The van der Waals surface area contributed by atoms with Crippen molar-refractivity contribution in [3.63, 3.8) is 0 Å². The van der Waals surface area contributed by atoms with Crippen molar-refractivity contribution < 1.29 is 14.7 Å². The highest BCUT2D eigenvalue weighted by Crippen LogP contribution is 2.20. The Kier molecular flexibility index (Phi) is 4.73. The number of benzene rings is 2. The van der Waals surface area contributed by atoms with Crippen molar-refractivity contribution in [2.45, 2.75) is 13.5 Å². The minimum absolute atomic E-state index is 0.147. The maximum atomic E-state index is 12.5. The maximum absolute atomic E-state index is 12.5. The molecule has 0 unspecified atom stereocenters. The molecule has 1 aromatic heterocycles. The number of hydrogen-bond donors (Lipinski definition) is 1. The van der Waals surface area contributed by atoms with E-state index in [4.69, 9.17) is 11.6 Å². The fourth-order valence-electron chi connectivity index (χ4n) is 2.55. The first-order valence-electron chi connectivity index (χ1n) is 7.64. The summed E-state index contributed by atoms with van der Waals surface area (Å²) in [6.07, 6.45) is 0. The normalized spacial score (nSPS) is 10.7. The number of amides is 1. The molecular formula is C18H13ClN3O4-. The van der Waals surface area contributed by atoms with Gasteiger partial charge in [-0.2, -0.15) is 5.10 Å². The quantitative estimate of drug-likeness (QED) is 0.746. The smallest absolute Gasteiger partial charge is 0.275 e. The molecule has 0 aliphatic carbocycles. The number of carboxylic acid groups (broad SMARTS) is 1. The SMILES string of the molecule is Cc1ccc(Cl)cc1NC(=O)Cn1nc(C(=O)[O-])c2ccccc2c1=O. The highest BCUT2D eigenvalue weighted by atomic mass is 35.5. The fraction of sp³-hybridized carbons (Fsp3) is 0.111. The minimum atomic E-state index is -1.53. The van der Waals surface area contributed by atoms with Crippen molar-refractivity contribution in [1.82, 2.24) is 9.78 Å². The average Bonchev–Trinajstić information content (AvgIpc) is 2.60. The molecule has 0 bridgehead atoms. The van der Waals surface area contributed by atoms with E-state index in [1.807, 2.05) is 0 Å². The van der Waals surface area contributed by atoms with Gasteiger partial charge < -0.3 is 15.2 Å². The summed E-state index contributed by atoms with van der Waals surface area (Å²) in [4.78, 5) is 36.1. The van der Waals surface area contributed by atoms with Crippen molar-refractivity contribution in [3.8, 4) is 0 Å². The molecule has 0 spiro atoms. The molecule has 26 heavy (non-hydrogen) atoms. The zero-order valence-corrected chi connectivity index (χ0v) is 14.4. The van der Waals surface area contributed by atoms with Crippen molar-refractivity contribution in [2.75, 3.05) is 5.32 Å². The summed E-state index contributed by atoms with van der Waals surface area (Å²) in [5, 5.41) is 18.5. The second-order valence-corrected chi connectivity index (χ2v) is 6.09. The molecule has 0 saturated carbocycles. The molecule has 132 valence electrons. The first kappa shape index (κ1) is 17.6. The Hall–Kier alpha value is -3.19. The van der Waals surface area contributed by atoms with Gasteiger partial charge in [0.05, 0.1) is 11.4 Å². The second kappa shape index (κ2) is 6.97. The molecule has 3 rings (SSSR count). The molecule has 0 aliphatic heterocycles. The fourth-order valence-corrected chi connectivity index (χ4v) is 2.72. The molecule has 0 radical (unpaired) electrons. The molecular weight excluding hydrogens is 358 g/mol. The summed E-state index contributed by atoms with van der Waals surface area (Å²) in [5.41, 5.74) is 0.323. The molecule has 3 aromatic rings. The van der Waals surface area contributed by atoms with Crippen molar-refractivity contribution in [3.05, 3.63) is 69.1 Å². The lowest BCUT2D eigenvalue weighted by Gasteiger charge is -2.12. The Morgan fingerprint density at radius 1 is 1.19 bits per heavy atom. The number of carboxylic acids is 1. The monoisotopic (exact) mass is 370 g/mol. The van der Waals surface area contributed by atoms with E-state index in [0.717, 1.165) is 10.2 Å². The number of aromatic nitrogens is 2. The van der Waals surface area contributed by atoms with Gasteiger partial charge >= 0.3 is 0 Å². The van der Waals surface area contributed by atoms with Crippen LogP contribution in [-0.2, 0) is 11.3 Å². The number of nitrogens with one attached hydrogen (secondary N) is 1. The third-order valence-corrected chi connectivity index (χ3v) is 4.06. The molecule has 8 heteroatoms. The summed E-state index contributed by atoms with van der Waals surface area (Å²) >= 11 is 5.92. The van der Waals surface area contributed by atoms with Crippen LogP contribution < -0.4 is 16.0 Å². The van der Waals surface area contributed by atoms with E-state index in [1.165, 1.54) is 12.1 Å². The number of fused-ring (bicyclic) bond motifs is 1. The Balaban J connectivity index is 1.97. The summed E-state index contributed by atoms with van der Waals surface area (Å²) in [6.45, 7) is 1.34. The van der Waals surface area contributed by atoms with Crippen molar-refractivity contribution in [1.29, 1.82) is 0 Å². The van der Waals surface area contributed by atoms with Gasteiger partial charge in [-0.25, -0.2) is 4.68 Å². The first-order valence-corrected chi connectivity index (χ1v) is 8.02. The highest BCUT2D eigenvalue weighted by molar-refractivity contribution is 6.31. The van der Waals surface area contributed by atoms with Crippen LogP contribution in [-0.4, -0.2) is 21.7 Å². The lowest BCUT2D eigenvalue weighted by Crippen LogP contribution is -2.34. The predicted octanol–water partition coefficient (Wildman–Crippen LogP) is 1.36. The Morgan fingerprint density at radius 2 is 1.88 bits per heavy atom. The number of nitrogens with zero attached hydrogens (tertiary/aromatic N) is 2. The van der Waals surface area contributed by atoms with E-state index in [1.54, 1.807) is 37.3 Å². The van der Waals surface area contributed by atoms with E-state index in [2.05, 4.69) is 10.4 Å². The van der Waals surface area contributed by atoms with Gasteiger partial charge in [0.2, 0.25) is 5.91 Å². The summed E-state index contributed by atoms with van der Waals surface area (Å²) < 4.78 is 0.808. The van der Waals surface area contributed by atoms with Crippen LogP contribution in [0.2, 0.25) is 5.02 Å². The number of hydrogen-bond acceptors (Lipinski definition) is 5. The van der Waals surface area contributed by atoms with E-state index >= 15 is 0 Å². The third-order valence-electron chi connectivity index (χ3n) is 3.83. The molecule has 1 N–H and O–H groups in total. The molecule has 0 saturated heterocycles. The Morgan fingerprint density at radius 3 is 2.58 bits per heavy atom. The van der Waals surface area contributed by atoms with Crippen LogP contribution in [0.5, 0.6) is 0 Å². The van der Waals surface area contributed by atoms with Crippen LogP contribution in [0.25, 0.3) is 10.8 Å². The summed E-state index contributed by atoms with van der Waals surface area (Å²) in [6, 6.07) is 11.1. The van der Waals surface area contributed by atoms with Gasteiger partial charge in [0, 0.05) is 16.1 Å². The van der Waals surface area contributed by atoms with Gasteiger partial charge in [0.1, 0.15) is 12.2 Å². The molecule has 7 nitrogen and oxygen atoms in total. The minimum Gasteiger partial charge on any atom is -0.543 e. The van der Waals surface area contributed by atoms with Crippen LogP contribution >= 0.6 is 11.6 Å². The molecule has 0 fully saturated rings. The van der Waals surface area contributed by atoms with Gasteiger partial charge in [-0.3, -0.25) is 9.59 Å². The molecule has 2 aromatic carbocycles. The summed E-state index contributed by atoms with van der Waals surface area (Å²) in [7, 11) is 0. The number of carbonyl (C=O) groups excluding carboxylic acids is 2. The molecule has 0 aliphatic rings. The highest BCUT2D eigenvalue weighted by Gasteiger charge is 2.14.